The summed E-state index contributed by atoms with van der Waals surface area (Å²) in [5, 5.41) is 11.3. The van der Waals surface area contributed by atoms with Crippen LogP contribution in [0.3, 0.4) is 0 Å². The zero-order valence-corrected chi connectivity index (χ0v) is 11.7. The van der Waals surface area contributed by atoms with E-state index in [0.29, 0.717) is 5.75 Å². The van der Waals surface area contributed by atoms with Gasteiger partial charge in [-0.3, -0.25) is 4.79 Å². The minimum atomic E-state index is -1.29. The molecule has 0 bridgehead atoms. The van der Waals surface area contributed by atoms with Crippen LogP contribution in [0.5, 0.6) is 5.75 Å². The Hall–Kier alpha value is -2.04. The van der Waals surface area contributed by atoms with Gasteiger partial charge in [-0.1, -0.05) is 6.07 Å². The van der Waals surface area contributed by atoms with E-state index >= 15 is 0 Å². The quantitative estimate of drug-likeness (QED) is 0.856. The van der Waals surface area contributed by atoms with E-state index in [1.165, 1.54) is 25.0 Å². The van der Waals surface area contributed by atoms with Gasteiger partial charge in [0.2, 0.25) is 0 Å². The number of benzene rings is 1. The molecular weight excluding hydrogens is 258 g/mol. The number of rotatable bonds is 5. The van der Waals surface area contributed by atoms with Crippen molar-refractivity contribution in [2.45, 2.75) is 38.6 Å². The Morgan fingerprint density at radius 3 is 2.70 bits per heavy atom. The van der Waals surface area contributed by atoms with Gasteiger partial charge in [0.05, 0.1) is 0 Å². The van der Waals surface area contributed by atoms with Crippen molar-refractivity contribution in [1.82, 2.24) is 5.32 Å². The van der Waals surface area contributed by atoms with Crippen LogP contribution in [0.1, 0.15) is 31.4 Å². The molecule has 1 aliphatic carbocycles. The van der Waals surface area contributed by atoms with E-state index in [0.717, 1.165) is 19.3 Å². The van der Waals surface area contributed by atoms with Gasteiger partial charge >= 0.3 is 5.97 Å². The lowest BCUT2D eigenvalue weighted by molar-refractivity contribution is -0.146. The highest BCUT2D eigenvalue weighted by atomic mass is 16.5. The predicted octanol–water partition coefficient (Wildman–Crippen LogP) is 1.53. The largest absolute Gasteiger partial charge is 0.484 e. The van der Waals surface area contributed by atoms with Crippen LogP contribution in [0.2, 0.25) is 0 Å². The molecule has 0 fully saturated rings. The maximum Gasteiger partial charge on any atom is 0.328 e. The second-order valence-electron chi connectivity index (χ2n) is 5.55. The van der Waals surface area contributed by atoms with Crippen LogP contribution in [0.25, 0.3) is 0 Å². The summed E-state index contributed by atoms with van der Waals surface area (Å²) in [4.78, 5) is 22.6. The molecule has 0 atom stereocenters. The summed E-state index contributed by atoms with van der Waals surface area (Å²) in [5.74, 6) is -0.879. The molecule has 0 spiro atoms. The molecule has 0 unspecified atom stereocenters. The average Bonchev–Trinajstić information content (AvgIpc) is 2.82. The lowest BCUT2D eigenvalue weighted by Crippen LogP contribution is -2.51. The van der Waals surface area contributed by atoms with Crippen LogP contribution >= 0.6 is 0 Å². The van der Waals surface area contributed by atoms with E-state index in [2.05, 4.69) is 5.32 Å². The first-order chi connectivity index (χ1) is 9.38. The first-order valence-corrected chi connectivity index (χ1v) is 6.67. The van der Waals surface area contributed by atoms with Crippen LogP contribution in [0.15, 0.2) is 18.2 Å². The Kier molecular flexibility index (Phi) is 3.97. The molecule has 2 rings (SSSR count). The predicted molar refractivity (Wildman–Crippen MR) is 73.8 cm³/mol. The van der Waals surface area contributed by atoms with Gasteiger partial charge in [0.1, 0.15) is 11.3 Å². The van der Waals surface area contributed by atoms with Crippen LogP contribution in [-0.4, -0.2) is 29.1 Å². The Labute approximate surface area is 117 Å². The summed E-state index contributed by atoms with van der Waals surface area (Å²) in [6, 6.07) is 5.83. The fourth-order valence-electron chi connectivity index (χ4n) is 2.22. The molecule has 0 heterocycles. The molecular formula is C15H19NO4. The number of carbonyl (C=O) groups is 2. The minimum Gasteiger partial charge on any atom is -0.484 e. The van der Waals surface area contributed by atoms with Crippen molar-refractivity contribution < 1.29 is 19.4 Å². The van der Waals surface area contributed by atoms with Crippen LogP contribution in [0, 0.1) is 0 Å². The van der Waals surface area contributed by atoms with Gasteiger partial charge in [-0.25, -0.2) is 4.79 Å². The monoisotopic (exact) mass is 277 g/mol. The summed E-state index contributed by atoms with van der Waals surface area (Å²) in [5.41, 5.74) is 1.32. The maximum absolute atomic E-state index is 11.7. The second kappa shape index (κ2) is 5.53. The van der Waals surface area contributed by atoms with Gasteiger partial charge in [0, 0.05) is 0 Å². The molecule has 20 heavy (non-hydrogen) atoms. The number of fused-ring (bicyclic) bond motifs is 1. The molecule has 2 N–H and O–H groups in total. The van der Waals surface area contributed by atoms with Crippen molar-refractivity contribution in [3.8, 4) is 5.75 Å². The van der Waals surface area contributed by atoms with Crippen molar-refractivity contribution >= 4 is 11.9 Å². The topological polar surface area (TPSA) is 75.6 Å². The van der Waals surface area contributed by atoms with E-state index in [1.54, 1.807) is 0 Å². The van der Waals surface area contributed by atoms with E-state index in [-0.39, 0.29) is 6.61 Å². The fraction of sp³-hybridized carbons (Fsp3) is 0.467. The number of hydrogen-bond acceptors (Lipinski definition) is 3. The van der Waals surface area contributed by atoms with Crippen molar-refractivity contribution in [3.05, 3.63) is 29.3 Å². The van der Waals surface area contributed by atoms with Gasteiger partial charge in [-0.2, -0.15) is 0 Å². The average molecular weight is 277 g/mol. The molecule has 5 nitrogen and oxygen atoms in total. The smallest absolute Gasteiger partial charge is 0.328 e. The first-order valence-electron chi connectivity index (χ1n) is 6.67. The van der Waals surface area contributed by atoms with Gasteiger partial charge < -0.3 is 15.2 Å². The molecule has 1 aliphatic rings. The van der Waals surface area contributed by atoms with Crippen LogP contribution < -0.4 is 10.1 Å². The standard InChI is InChI=1S/C15H19NO4/c1-15(2,14(18)19)16-13(17)9-20-12-7-6-10-4-3-5-11(10)8-12/h6-8H,3-5,9H2,1-2H3,(H,16,17)(H,18,19). The van der Waals surface area contributed by atoms with Crippen molar-refractivity contribution in [3.63, 3.8) is 0 Å². The number of nitrogens with one attached hydrogen (secondary N) is 1. The minimum absolute atomic E-state index is 0.185. The van der Waals surface area contributed by atoms with Crippen molar-refractivity contribution in [2.24, 2.45) is 0 Å². The second-order valence-corrected chi connectivity index (χ2v) is 5.55. The molecule has 0 saturated heterocycles. The number of carbonyl (C=O) groups excluding carboxylic acids is 1. The third-order valence-electron chi connectivity index (χ3n) is 3.43. The van der Waals surface area contributed by atoms with Gasteiger partial charge in [0.15, 0.2) is 6.61 Å². The summed E-state index contributed by atoms with van der Waals surface area (Å²) in [7, 11) is 0. The van der Waals surface area contributed by atoms with Crippen molar-refractivity contribution in [1.29, 1.82) is 0 Å². The van der Waals surface area contributed by atoms with E-state index < -0.39 is 17.4 Å². The molecule has 0 saturated carbocycles. The molecule has 1 aromatic carbocycles. The molecule has 0 radical (unpaired) electrons. The van der Waals surface area contributed by atoms with Gasteiger partial charge in [-0.05, 0) is 56.4 Å². The Balaban J connectivity index is 1.89. The molecule has 108 valence electrons. The van der Waals surface area contributed by atoms with Gasteiger partial charge in [0.25, 0.3) is 5.91 Å². The third kappa shape index (κ3) is 3.29. The highest BCUT2D eigenvalue weighted by molar-refractivity contribution is 5.86. The number of amides is 1. The number of carboxylic acid groups (broad SMARTS) is 1. The Bertz CT molecular complexity index is 537. The highest BCUT2D eigenvalue weighted by Gasteiger charge is 2.28. The normalized spacial score (nSPS) is 13.7. The zero-order valence-electron chi connectivity index (χ0n) is 11.7. The molecule has 5 heteroatoms. The Morgan fingerprint density at radius 2 is 2.00 bits per heavy atom. The number of carboxylic acids is 1. The SMILES string of the molecule is CC(C)(NC(=O)COc1ccc2c(c1)CCC2)C(=O)O. The molecule has 1 aromatic rings. The lowest BCUT2D eigenvalue weighted by Gasteiger charge is -2.21. The summed E-state index contributed by atoms with van der Waals surface area (Å²) >= 11 is 0. The third-order valence-corrected chi connectivity index (χ3v) is 3.43. The van der Waals surface area contributed by atoms with E-state index in [4.69, 9.17) is 9.84 Å². The van der Waals surface area contributed by atoms with E-state index in [9.17, 15) is 9.59 Å². The van der Waals surface area contributed by atoms with Crippen LogP contribution in [-0.2, 0) is 22.4 Å². The number of hydrogen-bond donors (Lipinski definition) is 2. The number of aliphatic carboxylic acids is 1. The summed E-state index contributed by atoms with van der Waals surface area (Å²) in [6.45, 7) is 2.68. The Morgan fingerprint density at radius 1 is 1.30 bits per heavy atom. The lowest BCUT2D eigenvalue weighted by atomic mass is 10.1. The maximum atomic E-state index is 11.7. The first kappa shape index (κ1) is 14.4. The molecule has 0 aromatic heterocycles. The van der Waals surface area contributed by atoms with Crippen molar-refractivity contribution in [2.75, 3.05) is 6.61 Å². The van der Waals surface area contributed by atoms with E-state index in [1.807, 2.05) is 18.2 Å². The number of aryl methyl sites for hydroxylation is 2. The molecule has 1 amide bonds. The fourth-order valence-corrected chi connectivity index (χ4v) is 2.22. The van der Waals surface area contributed by atoms with Gasteiger partial charge in [-0.15, -0.1) is 0 Å². The summed E-state index contributed by atoms with van der Waals surface area (Å²) in [6.07, 6.45) is 3.31. The zero-order chi connectivity index (χ0) is 14.8. The summed E-state index contributed by atoms with van der Waals surface area (Å²) < 4.78 is 5.41. The number of ether oxygens (including phenoxy) is 1. The van der Waals surface area contributed by atoms with Crippen LogP contribution in [0.4, 0.5) is 0 Å². The highest BCUT2D eigenvalue weighted by Crippen LogP contribution is 2.25. The molecule has 0 aliphatic heterocycles.